The molecule has 13 nitrogen and oxygen atoms in total. The van der Waals surface area contributed by atoms with Crippen LogP contribution in [0.2, 0.25) is 0 Å². The summed E-state index contributed by atoms with van der Waals surface area (Å²) >= 11 is 0. The summed E-state index contributed by atoms with van der Waals surface area (Å²) in [7, 11) is -5.13. The van der Waals surface area contributed by atoms with Gasteiger partial charge in [0.05, 0.1) is 6.61 Å². The van der Waals surface area contributed by atoms with Crippen molar-refractivity contribution in [3.05, 3.63) is 60.8 Å². The van der Waals surface area contributed by atoms with Gasteiger partial charge in [0.2, 0.25) is 0 Å². The summed E-state index contributed by atoms with van der Waals surface area (Å²) in [5, 5.41) is 50.2. The normalized spacial score (nSPS) is 21.9. The first-order chi connectivity index (χ1) is 31.4. The van der Waals surface area contributed by atoms with E-state index in [1.807, 2.05) is 0 Å². The lowest BCUT2D eigenvalue weighted by Crippen LogP contribution is -2.64. The molecule has 8 atom stereocenters. The molecule has 6 N–H and O–H groups in total. The van der Waals surface area contributed by atoms with Gasteiger partial charge in [-0.3, -0.25) is 18.6 Å². The second-order valence-corrected chi connectivity index (χ2v) is 18.7. The predicted octanol–water partition coefficient (Wildman–Crippen LogP) is 10.5. The van der Waals surface area contributed by atoms with Gasteiger partial charge in [0.25, 0.3) is 0 Å². The maximum Gasteiger partial charge on any atom is 0.472 e. The van der Waals surface area contributed by atoms with E-state index in [0.29, 0.717) is 12.8 Å². The van der Waals surface area contributed by atoms with E-state index < -0.39 is 75.7 Å². The molecule has 0 aromatic rings. The van der Waals surface area contributed by atoms with E-state index in [9.17, 15) is 44.6 Å². The first kappa shape index (κ1) is 60.6. The number of hydrogen-bond donors (Lipinski definition) is 6. The lowest BCUT2D eigenvalue weighted by Gasteiger charge is -2.41. The van der Waals surface area contributed by atoms with Crippen molar-refractivity contribution in [2.75, 3.05) is 13.2 Å². The van der Waals surface area contributed by atoms with Crippen LogP contribution in [0.25, 0.3) is 0 Å². The van der Waals surface area contributed by atoms with Crippen molar-refractivity contribution in [3.8, 4) is 0 Å². The Morgan fingerprint density at radius 3 is 1.26 bits per heavy atom. The van der Waals surface area contributed by atoms with Crippen molar-refractivity contribution in [2.45, 2.75) is 236 Å². The molecule has 14 heteroatoms. The largest absolute Gasteiger partial charge is 0.472 e. The highest BCUT2D eigenvalue weighted by Crippen LogP contribution is 2.47. The highest BCUT2D eigenvalue weighted by atomic mass is 31.2. The number of rotatable bonds is 41. The monoisotopic (exact) mass is 941 g/mol. The summed E-state index contributed by atoms with van der Waals surface area (Å²) in [6.45, 7) is 3.23. The van der Waals surface area contributed by atoms with E-state index in [-0.39, 0.29) is 12.8 Å². The second-order valence-electron chi connectivity index (χ2n) is 17.3. The maximum absolute atomic E-state index is 12.8. The third-order valence-electron chi connectivity index (χ3n) is 11.3. The van der Waals surface area contributed by atoms with E-state index in [2.05, 4.69) is 74.6 Å². The smallest absolute Gasteiger partial charge is 0.462 e. The Hall–Kier alpha value is -2.45. The van der Waals surface area contributed by atoms with Gasteiger partial charge in [-0.2, -0.15) is 0 Å². The summed E-state index contributed by atoms with van der Waals surface area (Å²) < 4.78 is 33.6. The topological polar surface area (TPSA) is 210 Å². The second kappa shape index (κ2) is 40.6. The summed E-state index contributed by atoms with van der Waals surface area (Å²) in [6.07, 6.45) is 36.9. The zero-order valence-electron chi connectivity index (χ0n) is 40.0. The number of esters is 2. The molecule has 0 saturated heterocycles. The Kier molecular flexibility index (Phi) is 37.8. The first-order valence-electron chi connectivity index (χ1n) is 25.1. The minimum absolute atomic E-state index is 0.0681. The van der Waals surface area contributed by atoms with Gasteiger partial charge in [0.1, 0.15) is 43.2 Å². The highest BCUT2D eigenvalue weighted by Gasteiger charge is 2.51. The number of carbonyl (C=O) groups is 2. The summed E-state index contributed by atoms with van der Waals surface area (Å²) in [5.74, 6) is -1.13. The quantitative estimate of drug-likeness (QED) is 0.0146. The lowest BCUT2D eigenvalue weighted by atomic mass is 9.85. The van der Waals surface area contributed by atoms with Crippen molar-refractivity contribution in [2.24, 2.45) is 0 Å². The zero-order chi connectivity index (χ0) is 47.8. The van der Waals surface area contributed by atoms with Crippen LogP contribution in [0.4, 0.5) is 0 Å². The van der Waals surface area contributed by atoms with Gasteiger partial charge < -0.3 is 39.9 Å². The Morgan fingerprint density at radius 2 is 0.831 bits per heavy atom. The van der Waals surface area contributed by atoms with E-state index >= 15 is 0 Å². The molecule has 0 aliphatic heterocycles. The average molecular weight is 941 g/mol. The molecule has 1 saturated carbocycles. The Labute approximate surface area is 392 Å². The molecule has 65 heavy (non-hydrogen) atoms. The molecule has 0 aromatic heterocycles. The van der Waals surface area contributed by atoms with E-state index in [0.717, 1.165) is 83.5 Å². The molecule has 0 aromatic carbocycles. The standard InChI is InChI=1S/C51H89O13P/c1-3-5-7-9-11-13-15-17-19-21-22-24-25-27-29-31-33-35-37-39-44(52)61-41-43(42-62-65(59,60)64-51-49(57)47(55)46(54)48(56)50(51)58)63-45(53)40-38-36-34-32-30-28-26-23-20-18-16-14-12-10-8-6-4-2/h11-14,17-20,26,28,43,46-51,54-58H,3-10,15-16,21-25,27,29-42H2,1-2H3,(H,59,60)/b13-11+,14-12+,19-17+,20-18+,28-26+/t43-,46?,47-,48?,49?,50?,51?/m0/s1. The van der Waals surface area contributed by atoms with Crippen LogP contribution in [0.5, 0.6) is 0 Å². The Balaban J connectivity index is 2.44. The molecular weight excluding hydrogens is 852 g/mol. The van der Waals surface area contributed by atoms with Crippen LogP contribution < -0.4 is 0 Å². The van der Waals surface area contributed by atoms with Gasteiger partial charge in [-0.1, -0.05) is 158 Å². The fourth-order valence-corrected chi connectivity index (χ4v) is 8.24. The third kappa shape index (κ3) is 32.8. The number of allylic oxidation sites excluding steroid dienone is 10. The molecular formula is C51H89O13P. The number of carbonyl (C=O) groups excluding carboxylic acids is 2. The fourth-order valence-electron chi connectivity index (χ4n) is 7.26. The SMILES string of the molecule is CCCCC/C=C/C/C=C/C/C=C/CCCCCCC(=O)O[C@@H](COC(=O)CCCCCCCCCCC/C=C/C/C=C/CCCCC)COP(=O)(O)OC1C(O)C(O)C(O)[C@H](O)C1O. The minimum atomic E-state index is -5.13. The van der Waals surface area contributed by atoms with Crippen molar-refractivity contribution < 1.29 is 63.1 Å². The molecule has 0 bridgehead atoms. The van der Waals surface area contributed by atoms with E-state index in [4.69, 9.17) is 18.5 Å². The number of unbranched alkanes of at least 4 members (excludes halogenated alkanes) is 19. The van der Waals surface area contributed by atoms with Crippen LogP contribution in [-0.2, 0) is 32.7 Å². The number of hydrogen-bond acceptors (Lipinski definition) is 12. The maximum atomic E-state index is 12.8. The van der Waals surface area contributed by atoms with Crippen molar-refractivity contribution in [3.63, 3.8) is 0 Å². The van der Waals surface area contributed by atoms with Gasteiger partial charge >= 0.3 is 19.8 Å². The number of aliphatic hydroxyl groups excluding tert-OH is 5. The Morgan fingerprint density at radius 1 is 0.477 bits per heavy atom. The average Bonchev–Trinajstić information content (AvgIpc) is 3.29. The molecule has 1 aliphatic rings. The summed E-state index contributed by atoms with van der Waals surface area (Å²) in [4.78, 5) is 35.8. The van der Waals surface area contributed by atoms with Gasteiger partial charge in [-0.15, -0.1) is 0 Å². The summed E-state index contributed by atoms with van der Waals surface area (Å²) in [6, 6.07) is 0. The number of ether oxygens (including phenoxy) is 2. The molecule has 0 amide bonds. The van der Waals surface area contributed by atoms with Gasteiger partial charge in [-0.25, -0.2) is 4.57 Å². The first-order valence-corrected chi connectivity index (χ1v) is 26.6. The molecule has 0 spiro atoms. The molecule has 0 heterocycles. The van der Waals surface area contributed by atoms with Crippen LogP contribution in [0.3, 0.4) is 0 Å². The molecule has 1 aliphatic carbocycles. The lowest BCUT2D eigenvalue weighted by molar-refractivity contribution is -0.220. The van der Waals surface area contributed by atoms with Crippen molar-refractivity contribution in [1.82, 2.24) is 0 Å². The molecule has 1 rings (SSSR count). The van der Waals surface area contributed by atoms with Crippen LogP contribution in [0.1, 0.15) is 194 Å². The molecule has 1 fully saturated rings. The molecule has 0 radical (unpaired) electrons. The van der Waals surface area contributed by atoms with Crippen LogP contribution in [0.15, 0.2) is 60.8 Å². The van der Waals surface area contributed by atoms with Crippen molar-refractivity contribution >= 4 is 19.8 Å². The highest BCUT2D eigenvalue weighted by molar-refractivity contribution is 7.47. The minimum Gasteiger partial charge on any atom is -0.462 e. The van der Waals surface area contributed by atoms with Crippen LogP contribution in [-0.4, -0.2) is 98.3 Å². The number of aliphatic hydroxyl groups is 5. The van der Waals surface area contributed by atoms with Crippen LogP contribution in [0, 0.1) is 0 Å². The van der Waals surface area contributed by atoms with Crippen LogP contribution >= 0.6 is 7.82 Å². The van der Waals surface area contributed by atoms with E-state index in [1.165, 1.54) is 70.6 Å². The Bertz CT molecular complexity index is 1370. The fraction of sp³-hybridized carbons (Fsp3) is 0.765. The van der Waals surface area contributed by atoms with Crippen molar-refractivity contribution in [1.29, 1.82) is 0 Å². The van der Waals surface area contributed by atoms with E-state index in [1.54, 1.807) is 0 Å². The van der Waals surface area contributed by atoms with Gasteiger partial charge in [0, 0.05) is 12.8 Å². The number of phosphoric acid groups is 1. The number of phosphoric ester groups is 1. The predicted molar refractivity (Wildman–Crippen MR) is 258 cm³/mol. The van der Waals surface area contributed by atoms with Gasteiger partial charge in [-0.05, 0) is 83.5 Å². The molecule has 6 unspecified atom stereocenters. The molecule has 376 valence electrons. The third-order valence-corrected chi connectivity index (χ3v) is 12.3. The zero-order valence-corrected chi connectivity index (χ0v) is 40.9. The summed E-state index contributed by atoms with van der Waals surface area (Å²) in [5.41, 5.74) is 0. The van der Waals surface area contributed by atoms with Gasteiger partial charge in [0.15, 0.2) is 6.10 Å².